The minimum absolute atomic E-state index is 0.206. The first-order valence-corrected chi connectivity index (χ1v) is 8.76. The second kappa shape index (κ2) is 7.13. The normalized spacial score (nSPS) is 16.3. The van der Waals surface area contributed by atoms with Gasteiger partial charge in [-0.25, -0.2) is 0 Å². The van der Waals surface area contributed by atoms with Crippen LogP contribution in [0.4, 0.5) is 13.2 Å². The van der Waals surface area contributed by atoms with Crippen molar-refractivity contribution in [3.8, 4) is 0 Å². The summed E-state index contributed by atoms with van der Waals surface area (Å²) in [4.78, 5) is 12.7. The molecule has 2 unspecified atom stereocenters. The Morgan fingerprint density at radius 3 is 2.77 bits per heavy atom. The fourth-order valence-electron chi connectivity index (χ4n) is 3.49. The maximum Gasteiger partial charge on any atom is 0.435 e. The van der Waals surface area contributed by atoms with E-state index in [0.717, 1.165) is 0 Å². The van der Waals surface area contributed by atoms with Crippen molar-refractivity contribution in [2.45, 2.75) is 64.3 Å². The van der Waals surface area contributed by atoms with Gasteiger partial charge < -0.3 is 5.32 Å². The maximum absolute atomic E-state index is 13.3. The largest absolute Gasteiger partial charge is 0.435 e. The molecule has 0 bridgehead atoms. The molecule has 1 aliphatic rings. The van der Waals surface area contributed by atoms with E-state index in [-0.39, 0.29) is 17.5 Å². The first-order chi connectivity index (χ1) is 12.3. The number of nitrogens with zero attached hydrogens (tertiary/aromatic N) is 4. The smallest absolute Gasteiger partial charge is 0.350 e. The van der Waals surface area contributed by atoms with Crippen LogP contribution in [0.2, 0.25) is 0 Å². The monoisotopic (exact) mass is 369 g/mol. The molecule has 0 radical (unpaired) electrons. The fourth-order valence-corrected chi connectivity index (χ4v) is 3.49. The third kappa shape index (κ3) is 3.61. The van der Waals surface area contributed by atoms with E-state index < -0.39 is 17.9 Å². The van der Waals surface area contributed by atoms with Crippen molar-refractivity contribution in [2.24, 2.45) is 0 Å². The Kier molecular flexibility index (Phi) is 5.06. The van der Waals surface area contributed by atoms with Crippen LogP contribution in [-0.4, -0.2) is 31.5 Å². The molecule has 3 rings (SSSR count). The minimum atomic E-state index is -4.50. The van der Waals surface area contributed by atoms with Crippen LogP contribution in [0.15, 0.2) is 18.5 Å². The summed E-state index contributed by atoms with van der Waals surface area (Å²) < 4.78 is 42.8. The van der Waals surface area contributed by atoms with Crippen LogP contribution in [0.3, 0.4) is 0 Å². The predicted octanol–water partition coefficient (Wildman–Crippen LogP) is 2.74. The maximum atomic E-state index is 13.3. The lowest BCUT2D eigenvalue weighted by Gasteiger charge is -2.21. The van der Waals surface area contributed by atoms with Crippen molar-refractivity contribution >= 4 is 5.91 Å². The molecule has 26 heavy (non-hydrogen) atoms. The average Bonchev–Trinajstić information content (AvgIpc) is 3.24. The van der Waals surface area contributed by atoms with Gasteiger partial charge in [-0.1, -0.05) is 6.92 Å². The lowest BCUT2D eigenvalue weighted by molar-refractivity contribution is -0.142. The van der Waals surface area contributed by atoms with Crippen molar-refractivity contribution in [2.75, 3.05) is 0 Å². The summed E-state index contributed by atoms with van der Waals surface area (Å²) >= 11 is 0. The molecule has 0 saturated carbocycles. The number of halogens is 3. The van der Waals surface area contributed by atoms with Gasteiger partial charge in [0.2, 0.25) is 5.91 Å². The van der Waals surface area contributed by atoms with Crippen molar-refractivity contribution in [3.05, 3.63) is 35.4 Å². The lowest BCUT2D eigenvalue weighted by atomic mass is 10.1. The molecule has 6 nitrogen and oxygen atoms in total. The highest BCUT2D eigenvalue weighted by Crippen LogP contribution is 2.37. The molecule has 0 spiro atoms. The van der Waals surface area contributed by atoms with E-state index in [1.165, 1.54) is 4.68 Å². The molecular formula is C17H22F3N5O. The molecule has 0 fully saturated rings. The van der Waals surface area contributed by atoms with Crippen LogP contribution in [0, 0.1) is 0 Å². The van der Waals surface area contributed by atoms with E-state index in [1.54, 1.807) is 30.1 Å². The Hall–Kier alpha value is -2.32. The molecule has 1 amide bonds. The lowest BCUT2D eigenvalue weighted by Crippen LogP contribution is -2.41. The molecule has 142 valence electrons. The van der Waals surface area contributed by atoms with Crippen molar-refractivity contribution in [1.82, 2.24) is 24.9 Å². The summed E-state index contributed by atoms with van der Waals surface area (Å²) in [7, 11) is 0. The summed E-state index contributed by atoms with van der Waals surface area (Å²) in [5.41, 5.74) is -0.0618. The second-order valence-corrected chi connectivity index (χ2v) is 6.63. The Morgan fingerprint density at radius 2 is 2.15 bits per heavy atom. The molecule has 1 N–H and O–H groups in total. The summed E-state index contributed by atoms with van der Waals surface area (Å²) in [6, 6.07) is 0.829. The molecule has 2 atom stereocenters. The molecule has 0 aliphatic heterocycles. The summed E-state index contributed by atoms with van der Waals surface area (Å²) in [5, 5.41) is 10.7. The van der Waals surface area contributed by atoms with Crippen molar-refractivity contribution in [1.29, 1.82) is 0 Å². The highest BCUT2D eigenvalue weighted by atomic mass is 19.4. The van der Waals surface area contributed by atoms with Gasteiger partial charge in [0.05, 0.1) is 6.54 Å². The van der Waals surface area contributed by atoms with Gasteiger partial charge in [0.1, 0.15) is 6.04 Å². The van der Waals surface area contributed by atoms with Crippen LogP contribution >= 0.6 is 0 Å². The molecule has 2 aromatic rings. The zero-order valence-corrected chi connectivity index (χ0v) is 14.8. The number of nitrogens with one attached hydrogen (secondary N) is 1. The highest BCUT2D eigenvalue weighted by molar-refractivity contribution is 5.80. The molecule has 9 heteroatoms. The van der Waals surface area contributed by atoms with Gasteiger partial charge in [-0.2, -0.15) is 23.4 Å². The number of hydrogen-bond donors (Lipinski definition) is 1. The molecule has 2 aromatic heterocycles. The van der Waals surface area contributed by atoms with E-state index in [4.69, 9.17) is 0 Å². The van der Waals surface area contributed by atoms with E-state index in [1.807, 2.05) is 6.92 Å². The minimum Gasteiger partial charge on any atom is -0.350 e. The molecule has 0 aromatic carbocycles. The van der Waals surface area contributed by atoms with Gasteiger partial charge in [0.15, 0.2) is 5.69 Å². The number of hydrogen-bond acceptors (Lipinski definition) is 3. The summed E-state index contributed by atoms with van der Waals surface area (Å²) in [5.74, 6) is -0.321. The average molecular weight is 369 g/mol. The number of amides is 1. The van der Waals surface area contributed by atoms with Gasteiger partial charge in [0, 0.05) is 29.7 Å². The van der Waals surface area contributed by atoms with Gasteiger partial charge in [-0.05, 0) is 38.7 Å². The van der Waals surface area contributed by atoms with Crippen molar-refractivity contribution in [3.63, 3.8) is 0 Å². The summed E-state index contributed by atoms with van der Waals surface area (Å²) in [6.07, 6.45) is 0.839. The predicted molar refractivity (Wildman–Crippen MR) is 88.4 cm³/mol. The highest BCUT2D eigenvalue weighted by Gasteiger charge is 2.41. The van der Waals surface area contributed by atoms with Gasteiger partial charge in [-0.15, -0.1) is 0 Å². The molecule has 0 saturated heterocycles. The first kappa shape index (κ1) is 18.5. The number of aromatic nitrogens is 4. The first-order valence-electron chi connectivity index (χ1n) is 8.76. The zero-order valence-electron chi connectivity index (χ0n) is 14.8. The van der Waals surface area contributed by atoms with Gasteiger partial charge >= 0.3 is 6.18 Å². The quantitative estimate of drug-likeness (QED) is 0.852. The second-order valence-electron chi connectivity index (χ2n) is 6.63. The number of alkyl halides is 3. The topological polar surface area (TPSA) is 64.7 Å². The SMILES string of the molecule is CCC(C(=O)NC(C)Cn1cccn1)n1nc(C(F)(F)F)c2c1CCC2. The Morgan fingerprint density at radius 1 is 1.38 bits per heavy atom. The van der Waals surface area contributed by atoms with Crippen LogP contribution in [-0.2, 0) is 30.4 Å². The number of carbonyl (C=O) groups is 1. The van der Waals surface area contributed by atoms with Gasteiger partial charge in [0.25, 0.3) is 0 Å². The third-order valence-electron chi connectivity index (χ3n) is 4.62. The van der Waals surface area contributed by atoms with Crippen LogP contribution in [0.5, 0.6) is 0 Å². The third-order valence-corrected chi connectivity index (χ3v) is 4.62. The Balaban J connectivity index is 1.79. The van der Waals surface area contributed by atoms with Crippen LogP contribution in [0.25, 0.3) is 0 Å². The molecule has 2 heterocycles. The Bertz CT molecular complexity index is 766. The number of carbonyl (C=O) groups excluding carboxylic acids is 1. The molecule has 1 aliphatic carbocycles. The molecular weight excluding hydrogens is 347 g/mol. The van der Waals surface area contributed by atoms with Crippen LogP contribution < -0.4 is 5.32 Å². The summed E-state index contributed by atoms with van der Waals surface area (Å²) in [6.45, 7) is 4.10. The number of fused-ring (bicyclic) bond motifs is 1. The fraction of sp³-hybridized carbons (Fsp3) is 0.588. The van der Waals surface area contributed by atoms with E-state index in [9.17, 15) is 18.0 Å². The van der Waals surface area contributed by atoms with Gasteiger partial charge in [-0.3, -0.25) is 14.2 Å². The number of rotatable bonds is 6. The van der Waals surface area contributed by atoms with E-state index >= 15 is 0 Å². The van der Waals surface area contributed by atoms with E-state index in [2.05, 4.69) is 15.5 Å². The van der Waals surface area contributed by atoms with Crippen LogP contribution in [0.1, 0.15) is 49.7 Å². The van der Waals surface area contributed by atoms with Crippen molar-refractivity contribution < 1.29 is 18.0 Å². The zero-order chi connectivity index (χ0) is 18.9. The standard InChI is InChI=1S/C17H22F3N5O/c1-3-13(16(26)22-11(2)10-24-9-5-8-21-24)25-14-7-4-6-12(14)15(23-25)17(18,19)20/h5,8-9,11,13H,3-4,6-7,10H2,1-2H3,(H,22,26). The van der Waals surface area contributed by atoms with E-state index in [0.29, 0.717) is 37.9 Å². The Labute approximate surface area is 149 Å².